The third kappa shape index (κ3) is 3.17. The third-order valence-corrected chi connectivity index (χ3v) is 4.87. The van der Waals surface area contributed by atoms with Crippen LogP contribution in [-0.2, 0) is 6.37 Å². The van der Waals surface area contributed by atoms with Crippen molar-refractivity contribution in [1.82, 2.24) is 9.97 Å². The lowest BCUT2D eigenvalue weighted by atomic mass is 9.90. The van der Waals surface area contributed by atoms with Crippen molar-refractivity contribution in [2.45, 2.75) is 34.0 Å². The number of benzene rings is 2. The molecule has 3 heterocycles. The number of hydrogen-bond acceptors (Lipinski definition) is 3. The average molecular weight is 386 g/mol. The van der Waals surface area contributed by atoms with Crippen molar-refractivity contribution in [1.29, 1.82) is 0 Å². The Kier molecular flexibility index (Phi) is 2.90. The van der Waals surface area contributed by atoms with Crippen LogP contribution in [-0.4, -0.2) is 9.97 Å². The molecular weight excluding hydrogens is 356 g/mol. The lowest BCUT2D eigenvalue weighted by Crippen LogP contribution is -2.10. The van der Waals surface area contributed by atoms with E-state index in [9.17, 15) is 0 Å². The van der Waals surface area contributed by atoms with Gasteiger partial charge in [0.25, 0.3) is 0 Å². The van der Waals surface area contributed by atoms with E-state index in [0.29, 0.717) is 28.1 Å². The van der Waals surface area contributed by atoms with Gasteiger partial charge in [-0.3, -0.25) is 4.98 Å². The van der Waals surface area contributed by atoms with E-state index < -0.39 is 18.6 Å². The predicted octanol–water partition coefficient (Wildman–Crippen LogP) is 7.09. The van der Waals surface area contributed by atoms with Gasteiger partial charge < -0.3 is 4.42 Å². The van der Waals surface area contributed by atoms with E-state index in [0.717, 1.165) is 21.7 Å². The molecule has 3 heteroatoms. The Hall–Kier alpha value is -3.20. The lowest BCUT2D eigenvalue weighted by Gasteiger charge is -2.17. The minimum absolute atomic E-state index is 0.184. The van der Waals surface area contributed by atoms with Gasteiger partial charge in [-0.05, 0) is 48.5 Å². The molecule has 0 unspecified atom stereocenters. The van der Waals surface area contributed by atoms with Gasteiger partial charge in [-0.1, -0.05) is 51.1 Å². The van der Waals surface area contributed by atoms with Crippen molar-refractivity contribution in [3.63, 3.8) is 0 Å². The van der Waals surface area contributed by atoms with E-state index in [4.69, 9.17) is 16.3 Å². The molecular formula is C26H24N2O. The van der Waals surface area contributed by atoms with Crippen LogP contribution in [0.1, 0.15) is 38.9 Å². The minimum Gasteiger partial charge on any atom is -0.453 e. The number of rotatable bonds is 2. The molecule has 3 aromatic heterocycles. The zero-order chi connectivity index (χ0) is 24.5. The van der Waals surface area contributed by atoms with Crippen molar-refractivity contribution in [3.05, 3.63) is 72.1 Å². The Labute approximate surface area is 177 Å². The van der Waals surface area contributed by atoms with Crippen LogP contribution in [0.3, 0.4) is 0 Å². The van der Waals surface area contributed by atoms with E-state index in [1.54, 1.807) is 18.2 Å². The molecule has 0 atom stereocenters. The first-order chi connectivity index (χ1) is 15.9. The highest BCUT2D eigenvalue weighted by Gasteiger charge is 2.17. The summed E-state index contributed by atoms with van der Waals surface area (Å²) in [6, 6.07) is 16.6. The van der Waals surface area contributed by atoms with Crippen LogP contribution < -0.4 is 0 Å². The van der Waals surface area contributed by atoms with Crippen LogP contribution in [0.2, 0.25) is 0 Å². The Balaban J connectivity index is 1.74. The lowest BCUT2D eigenvalue weighted by molar-refractivity contribution is 0.407. The molecule has 0 fully saturated rings. The molecule has 29 heavy (non-hydrogen) atoms. The van der Waals surface area contributed by atoms with E-state index in [1.165, 1.54) is 6.20 Å². The third-order valence-electron chi connectivity index (χ3n) is 4.87. The summed E-state index contributed by atoms with van der Waals surface area (Å²) >= 11 is 0. The molecule has 0 radical (unpaired) electrons. The second-order valence-corrected chi connectivity index (χ2v) is 8.30. The maximum Gasteiger partial charge on any atom is 0.161 e. The smallest absolute Gasteiger partial charge is 0.161 e. The summed E-state index contributed by atoms with van der Waals surface area (Å²) in [7, 11) is 0. The van der Waals surface area contributed by atoms with Crippen molar-refractivity contribution >= 4 is 32.8 Å². The summed E-state index contributed by atoms with van der Waals surface area (Å²) < 4.78 is 46.4. The zero-order valence-electron chi connectivity index (χ0n) is 21.6. The van der Waals surface area contributed by atoms with Crippen LogP contribution in [0.15, 0.2) is 65.2 Å². The van der Waals surface area contributed by atoms with Crippen molar-refractivity contribution in [2.75, 3.05) is 0 Å². The number of para-hydroxylation sites is 1. The number of aryl methyl sites for hydroxylation is 1. The van der Waals surface area contributed by atoms with Crippen molar-refractivity contribution < 1.29 is 11.3 Å². The van der Waals surface area contributed by atoms with Gasteiger partial charge >= 0.3 is 0 Å². The Bertz CT molecular complexity index is 1540. The fourth-order valence-corrected chi connectivity index (χ4v) is 3.65. The van der Waals surface area contributed by atoms with Crippen LogP contribution in [0.5, 0.6) is 0 Å². The summed E-state index contributed by atoms with van der Waals surface area (Å²) in [5.41, 5.74) is 3.10. The zero-order valence-corrected chi connectivity index (χ0v) is 16.6. The second-order valence-electron chi connectivity index (χ2n) is 8.30. The first-order valence-corrected chi connectivity index (χ1v) is 9.60. The van der Waals surface area contributed by atoms with Gasteiger partial charge in [-0.2, -0.15) is 0 Å². The molecule has 5 rings (SSSR count). The molecule has 2 aromatic carbocycles. The van der Waals surface area contributed by atoms with Gasteiger partial charge in [0.1, 0.15) is 11.1 Å². The van der Waals surface area contributed by atoms with Gasteiger partial charge in [0.05, 0.1) is 5.69 Å². The van der Waals surface area contributed by atoms with Crippen LogP contribution >= 0.6 is 0 Å². The molecule has 3 nitrogen and oxygen atoms in total. The summed E-state index contributed by atoms with van der Waals surface area (Å²) in [5, 5.41) is 2.63. The van der Waals surface area contributed by atoms with Crippen molar-refractivity contribution in [3.8, 4) is 11.3 Å². The summed E-state index contributed by atoms with van der Waals surface area (Å²) in [6.07, 6.45) is -0.253. The molecule has 0 spiro atoms. The van der Waals surface area contributed by atoms with E-state index in [1.807, 2.05) is 57.2 Å². The number of nitrogens with zero attached hydrogens (tertiary/aromatic N) is 2. The second kappa shape index (κ2) is 6.41. The van der Waals surface area contributed by atoms with Gasteiger partial charge in [0, 0.05) is 40.5 Å². The molecule has 0 aliphatic heterocycles. The largest absolute Gasteiger partial charge is 0.453 e. The standard InChI is InChI=1S/C26H24N2O/c1-16-8-13-22(27-15-16)21-7-5-6-19-20-12-10-17-9-11-18(14-26(2,3)4)28-23(17)25(20)29-24(19)21/h5-13,15H,14H2,1-4H3/i1D3,14D2. The molecule has 0 N–H and O–H groups in total. The van der Waals surface area contributed by atoms with E-state index in [-0.39, 0.29) is 5.56 Å². The van der Waals surface area contributed by atoms with Gasteiger partial charge in [0.2, 0.25) is 0 Å². The average Bonchev–Trinajstić information content (AvgIpc) is 3.17. The molecule has 0 bridgehead atoms. The molecule has 0 saturated carbocycles. The summed E-state index contributed by atoms with van der Waals surface area (Å²) in [4.78, 5) is 9.12. The first-order valence-electron chi connectivity index (χ1n) is 12.1. The van der Waals surface area contributed by atoms with E-state index in [2.05, 4.69) is 4.98 Å². The highest BCUT2D eigenvalue weighted by atomic mass is 16.3. The molecule has 144 valence electrons. The monoisotopic (exact) mass is 385 g/mol. The normalized spacial score (nSPS) is 15.8. The maximum atomic E-state index is 8.64. The first kappa shape index (κ1) is 13.1. The van der Waals surface area contributed by atoms with Crippen molar-refractivity contribution in [2.24, 2.45) is 5.41 Å². The van der Waals surface area contributed by atoms with Crippen LogP contribution in [0.4, 0.5) is 0 Å². The SMILES string of the molecule is [2H]C([2H])([2H])c1ccc(-c2cccc3c2oc2c3ccc3ccc(C([2H])([2H])C(C)(C)C)nc32)nc1. The summed E-state index contributed by atoms with van der Waals surface area (Å²) in [6.45, 7) is 3.36. The van der Waals surface area contributed by atoms with Crippen LogP contribution in [0, 0.1) is 12.3 Å². The number of aromatic nitrogens is 2. The maximum absolute atomic E-state index is 8.64. The quantitative estimate of drug-likeness (QED) is 0.325. The fourth-order valence-electron chi connectivity index (χ4n) is 3.65. The predicted molar refractivity (Wildman–Crippen MR) is 120 cm³/mol. The number of pyridine rings is 2. The summed E-state index contributed by atoms with van der Waals surface area (Å²) in [5.74, 6) is 0. The van der Waals surface area contributed by atoms with Gasteiger partial charge in [-0.15, -0.1) is 0 Å². The Morgan fingerprint density at radius 1 is 0.966 bits per heavy atom. The highest BCUT2D eigenvalue weighted by molar-refractivity contribution is 6.16. The fraction of sp³-hybridized carbons (Fsp3) is 0.231. The highest BCUT2D eigenvalue weighted by Crippen LogP contribution is 2.38. The Morgan fingerprint density at radius 3 is 2.55 bits per heavy atom. The topological polar surface area (TPSA) is 38.9 Å². The Morgan fingerprint density at radius 2 is 1.79 bits per heavy atom. The molecule has 5 aromatic rings. The number of furan rings is 1. The molecule has 0 saturated heterocycles. The minimum atomic E-state index is -2.21. The van der Waals surface area contributed by atoms with Crippen LogP contribution in [0.25, 0.3) is 44.1 Å². The van der Waals surface area contributed by atoms with E-state index >= 15 is 0 Å². The number of hydrogen-bond donors (Lipinski definition) is 0. The molecule has 0 aliphatic carbocycles. The number of fused-ring (bicyclic) bond motifs is 5. The molecule has 0 amide bonds. The van der Waals surface area contributed by atoms with Gasteiger partial charge in [-0.25, -0.2) is 4.98 Å². The molecule has 0 aliphatic rings. The van der Waals surface area contributed by atoms with Gasteiger partial charge in [0.15, 0.2) is 5.58 Å².